The Bertz CT molecular complexity index is 1210. The third-order valence-electron chi connectivity index (χ3n) is 9.85. The van der Waals surface area contributed by atoms with E-state index in [0.717, 1.165) is 57.8 Å². The number of phosphoric acid groups is 1. The highest BCUT2D eigenvalue weighted by Gasteiger charge is 2.26. The van der Waals surface area contributed by atoms with Gasteiger partial charge in [-0.15, -0.1) is 0 Å². The van der Waals surface area contributed by atoms with Gasteiger partial charge in [-0.2, -0.15) is 0 Å². The van der Waals surface area contributed by atoms with Gasteiger partial charge in [0.25, 0.3) is 0 Å². The van der Waals surface area contributed by atoms with Crippen molar-refractivity contribution in [1.82, 2.24) is 5.32 Å². The molecule has 0 amide bonds. The number of nitrogens with one attached hydrogen (secondary N) is 1. The van der Waals surface area contributed by atoms with Crippen LogP contribution in [-0.4, -0.2) is 56.3 Å². The Morgan fingerprint density at radius 2 is 0.950 bits per heavy atom. The first kappa shape index (κ1) is 57.4. The lowest BCUT2D eigenvalue weighted by atomic mass is 10.0. The second-order valence-corrected chi connectivity index (χ2v) is 17.0. The van der Waals surface area contributed by atoms with E-state index in [1.165, 1.54) is 96.3 Å². The van der Waals surface area contributed by atoms with Crippen molar-refractivity contribution in [2.24, 2.45) is 0 Å². The van der Waals surface area contributed by atoms with E-state index in [1.54, 1.807) is 7.05 Å². The van der Waals surface area contributed by atoms with Gasteiger partial charge in [0.2, 0.25) is 0 Å². The van der Waals surface area contributed by atoms with Crippen LogP contribution >= 0.6 is 7.82 Å². The van der Waals surface area contributed by atoms with E-state index in [9.17, 15) is 19.0 Å². The fourth-order valence-electron chi connectivity index (χ4n) is 6.29. The fraction of sp³-hybridized carbons (Fsp3) is 0.720. The van der Waals surface area contributed by atoms with Gasteiger partial charge < -0.3 is 19.7 Å². The highest BCUT2D eigenvalue weighted by atomic mass is 31.2. The third kappa shape index (κ3) is 45.0. The second-order valence-electron chi connectivity index (χ2n) is 15.6. The van der Waals surface area contributed by atoms with Gasteiger partial charge in [-0.3, -0.25) is 18.6 Å². The maximum absolute atomic E-state index is 12.7. The smallest absolute Gasteiger partial charge is 0.462 e. The van der Waals surface area contributed by atoms with Crippen LogP contribution in [0.3, 0.4) is 0 Å². The monoisotopic (exact) mass is 862 g/mol. The molecule has 60 heavy (non-hydrogen) atoms. The van der Waals surface area contributed by atoms with Gasteiger partial charge in [0.1, 0.15) is 6.61 Å². The molecule has 0 aromatic heterocycles. The fourth-order valence-corrected chi connectivity index (χ4v) is 7.04. The molecule has 346 valence electrons. The van der Waals surface area contributed by atoms with Gasteiger partial charge in [0, 0.05) is 19.4 Å². The highest BCUT2D eigenvalue weighted by Crippen LogP contribution is 2.43. The number of phosphoric ester groups is 1. The van der Waals surface area contributed by atoms with Gasteiger partial charge in [-0.25, -0.2) is 4.57 Å². The lowest BCUT2D eigenvalue weighted by Gasteiger charge is -2.20. The van der Waals surface area contributed by atoms with E-state index in [4.69, 9.17) is 18.5 Å². The quantitative estimate of drug-likeness (QED) is 0.0267. The molecule has 0 bridgehead atoms. The lowest BCUT2D eigenvalue weighted by molar-refractivity contribution is -0.161. The first-order chi connectivity index (χ1) is 29.3. The zero-order valence-corrected chi connectivity index (χ0v) is 39.3. The summed E-state index contributed by atoms with van der Waals surface area (Å²) in [5.74, 6) is -0.902. The summed E-state index contributed by atoms with van der Waals surface area (Å²) in [6.45, 7) is 4.04. The number of rotatable bonds is 44. The van der Waals surface area contributed by atoms with Gasteiger partial charge in [-0.05, 0) is 58.4 Å². The Balaban J connectivity index is 4.27. The van der Waals surface area contributed by atoms with Crippen LogP contribution in [0.1, 0.15) is 194 Å². The summed E-state index contributed by atoms with van der Waals surface area (Å²) in [5, 5.41) is 2.82. The Labute approximate surface area is 367 Å². The predicted molar refractivity (Wildman–Crippen MR) is 252 cm³/mol. The van der Waals surface area contributed by atoms with Crippen LogP contribution in [0.4, 0.5) is 0 Å². The molecule has 2 N–H and O–H groups in total. The topological polar surface area (TPSA) is 120 Å². The van der Waals surface area contributed by atoms with Crippen LogP contribution in [0.5, 0.6) is 0 Å². The Morgan fingerprint density at radius 1 is 0.533 bits per heavy atom. The molecular formula is C50H88NO8P. The summed E-state index contributed by atoms with van der Waals surface area (Å²) in [5.41, 5.74) is 0. The number of carbonyl (C=O) groups excluding carboxylic acids is 2. The molecule has 0 saturated heterocycles. The van der Waals surface area contributed by atoms with Crippen LogP contribution in [0.15, 0.2) is 72.9 Å². The molecule has 0 aliphatic carbocycles. The second kappa shape index (κ2) is 46.0. The number of ether oxygens (including phenoxy) is 2. The van der Waals surface area contributed by atoms with Crippen molar-refractivity contribution in [1.29, 1.82) is 0 Å². The number of esters is 2. The number of carbonyl (C=O) groups is 2. The molecule has 0 radical (unpaired) electrons. The minimum absolute atomic E-state index is 0.0300. The molecule has 0 aliphatic rings. The zero-order chi connectivity index (χ0) is 43.9. The molecular weight excluding hydrogens is 774 g/mol. The minimum Gasteiger partial charge on any atom is -0.462 e. The zero-order valence-electron chi connectivity index (χ0n) is 38.4. The molecule has 10 heteroatoms. The molecule has 0 heterocycles. The molecule has 0 aliphatic heterocycles. The molecule has 0 rings (SSSR count). The van der Waals surface area contributed by atoms with Crippen molar-refractivity contribution in [3.8, 4) is 0 Å². The van der Waals surface area contributed by atoms with Gasteiger partial charge in [-0.1, -0.05) is 202 Å². The first-order valence-electron chi connectivity index (χ1n) is 23.9. The number of allylic oxidation sites excluding steroid dienone is 12. The number of likely N-dealkylation sites (N-methyl/N-ethyl adjacent to an activating group) is 1. The Hall–Kier alpha value is -2.55. The average molecular weight is 862 g/mol. The van der Waals surface area contributed by atoms with Crippen molar-refractivity contribution in [2.45, 2.75) is 200 Å². The summed E-state index contributed by atoms with van der Waals surface area (Å²) in [4.78, 5) is 35.1. The molecule has 2 unspecified atom stereocenters. The minimum atomic E-state index is -4.37. The number of hydrogen-bond donors (Lipinski definition) is 2. The van der Waals surface area contributed by atoms with E-state index in [0.29, 0.717) is 19.4 Å². The first-order valence-corrected chi connectivity index (χ1v) is 25.4. The van der Waals surface area contributed by atoms with E-state index in [-0.39, 0.29) is 26.1 Å². The highest BCUT2D eigenvalue weighted by molar-refractivity contribution is 7.47. The van der Waals surface area contributed by atoms with Crippen LogP contribution in [0, 0.1) is 0 Å². The van der Waals surface area contributed by atoms with Crippen molar-refractivity contribution >= 4 is 19.8 Å². The molecule has 2 atom stereocenters. The van der Waals surface area contributed by atoms with E-state index >= 15 is 0 Å². The third-order valence-corrected chi connectivity index (χ3v) is 10.8. The number of hydrogen-bond acceptors (Lipinski definition) is 8. The summed E-state index contributed by atoms with van der Waals surface area (Å²) >= 11 is 0. The van der Waals surface area contributed by atoms with E-state index in [2.05, 4.69) is 79.9 Å². The normalized spacial score (nSPS) is 13.9. The Kier molecular flexibility index (Phi) is 44.0. The molecule has 0 aromatic rings. The maximum atomic E-state index is 12.7. The van der Waals surface area contributed by atoms with Crippen LogP contribution in [0.25, 0.3) is 0 Å². The largest absolute Gasteiger partial charge is 0.472 e. The maximum Gasteiger partial charge on any atom is 0.472 e. The standard InChI is InChI=1S/C50H88NO8P/c1-4-6-8-10-12-14-16-18-20-22-24-26-28-30-32-34-36-38-40-42-49(52)56-46-48(47-58-60(54,55)57-45-44-51-3)59-50(53)43-41-39-37-35-33-31-29-27-25-23-21-19-17-15-13-11-9-7-5-2/h6,8,12,14,18,20,24,26,30,32,36,38,48,51H,4-5,7,9-11,13,15-17,19,21-23,25,27-29,31,33-35,37,39-47H2,1-3H3,(H,54,55)/b8-6-,14-12-,20-18-,26-24-,32-30-,38-36-. The van der Waals surface area contributed by atoms with Gasteiger partial charge in [0.05, 0.1) is 13.2 Å². The van der Waals surface area contributed by atoms with Gasteiger partial charge >= 0.3 is 19.8 Å². The van der Waals surface area contributed by atoms with Crippen LogP contribution in [-0.2, 0) is 32.7 Å². The molecule has 0 fully saturated rings. The summed E-state index contributed by atoms with van der Waals surface area (Å²) in [6.07, 6.45) is 55.4. The SMILES string of the molecule is CC/C=C\C/C=C\C/C=C\C/C=C\C/C=C\C/C=C\CCC(=O)OCC(COP(=O)(O)OCCNC)OC(=O)CCCCCCCCCCCCCCCCCCCCC. The van der Waals surface area contributed by atoms with Gasteiger partial charge in [0.15, 0.2) is 6.10 Å². The van der Waals surface area contributed by atoms with Crippen molar-refractivity contribution < 1.29 is 37.6 Å². The summed E-state index contributed by atoms with van der Waals surface area (Å²) in [6, 6.07) is 0. The predicted octanol–water partition coefficient (Wildman–Crippen LogP) is 14.1. The molecule has 0 aromatic carbocycles. The van der Waals surface area contributed by atoms with Crippen LogP contribution in [0.2, 0.25) is 0 Å². The van der Waals surface area contributed by atoms with Crippen molar-refractivity contribution in [2.75, 3.05) is 33.4 Å². The van der Waals surface area contributed by atoms with Crippen LogP contribution < -0.4 is 5.32 Å². The van der Waals surface area contributed by atoms with E-state index < -0.39 is 32.5 Å². The van der Waals surface area contributed by atoms with E-state index in [1.807, 2.05) is 12.2 Å². The molecule has 0 spiro atoms. The average Bonchev–Trinajstić information content (AvgIpc) is 3.23. The number of unbranched alkanes of at least 4 members (excludes halogenated alkanes) is 18. The lowest BCUT2D eigenvalue weighted by Crippen LogP contribution is -2.29. The summed E-state index contributed by atoms with van der Waals surface area (Å²) in [7, 11) is -2.68. The Morgan fingerprint density at radius 3 is 1.38 bits per heavy atom. The van der Waals surface area contributed by atoms with Crippen molar-refractivity contribution in [3.63, 3.8) is 0 Å². The molecule has 0 saturated carbocycles. The van der Waals surface area contributed by atoms with Crippen molar-refractivity contribution in [3.05, 3.63) is 72.9 Å². The molecule has 9 nitrogen and oxygen atoms in total. The summed E-state index contributed by atoms with van der Waals surface area (Å²) < 4.78 is 33.2.